The zero-order chi connectivity index (χ0) is 55.1. The van der Waals surface area contributed by atoms with E-state index in [0.29, 0.717) is 0 Å². The van der Waals surface area contributed by atoms with Gasteiger partial charge in [0.15, 0.2) is 0 Å². The van der Waals surface area contributed by atoms with Crippen LogP contribution in [0.3, 0.4) is 0 Å². The molecule has 1 atom stereocenters. The van der Waals surface area contributed by atoms with Crippen LogP contribution < -0.4 is 0 Å². The summed E-state index contributed by atoms with van der Waals surface area (Å²) in [6.45, 7) is 4.24. The Morgan fingerprint density at radius 1 is 0.361 bits per heavy atom. The van der Waals surface area contributed by atoms with E-state index in [2.05, 4.69) is 311 Å². The standard InChI is InChI=1S/C77H54N6/c1-3-22-66(78-50(2)51-23-6-4-7-24-51)53-27-18-30-56(47-53)82-70-40-15-11-34-60(70)63-43-44-64-61-35-12-16-41-71(61)83(77(64)76(63)82)58-32-20-31-57(49-58)80-72-42-17-13-36-65(72)74-73(80)46-45-62-59-33-10-14-39-69(59)81(75(62)74)55-29-19-28-54(48-55)68-38-21-37-67(79-68)52-25-8-5-9-26-52/h3-50H,1-2H3/b22-3-,78-66?. The predicted molar refractivity (Wildman–Crippen MR) is 349 cm³/mol. The first-order valence-corrected chi connectivity index (χ1v) is 28.6. The van der Waals surface area contributed by atoms with Crippen molar-refractivity contribution in [2.75, 3.05) is 0 Å². The van der Waals surface area contributed by atoms with Crippen molar-refractivity contribution in [1.29, 1.82) is 0 Å². The van der Waals surface area contributed by atoms with Crippen molar-refractivity contribution in [3.05, 3.63) is 296 Å². The number of para-hydroxylation sites is 4. The van der Waals surface area contributed by atoms with Crippen LogP contribution in [0.4, 0.5) is 0 Å². The number of nitrogens with zero attached hydrogens (tertiary/aromatic N) is 6. The van der Waals surface area contributed by atoms with E-state index in [0.717, 1.165) is 95.2 Å². The molecule has 6 nitrogen and oxygen atoms in total. The zero-order valence-corrected chi connectivity index (χ0v) is 45.9. The lowest BCUT2D eigenvalue weighted by Crippen LogP contribution is -2.04. The van der Waals surface area contributed by atoms with Gasteiger partial charge in [-0.15, -0.1) is 0 Å². The van der Waals surface area contributed by atoms with Gasteiger partial charge in [0.25, 0.3) is 0 Å². The maximum Gasteiger partial charge on any atom is 0.0788 e. The third-order valence-corrected chi connectivity index (χ3v) is 16.8. The number of aliphatic imine (C=N–C) groups is 1. The lowest BCUT2D eigenvalue weighted by molar-refractivity contribution is 0.821. The summed E-state index contributed by atoms with van der Waals surface area (Å²) >= 11 is 0. The molecule has 0 fully saturated rings. The van der Waals surface area contributed by atoms with Crippen molar-refractivity contribution < 1.29 is 0 Å². The topological polar surface area (TPSA) is 45.0 Å². The molecule has 1 unspecified atom stereocenters. The van der Waals surface area contributed by atoms with Gasteiger partial charge in [0.05, 0.1) is 67.3 Å². The molecule has 83 heavy (non-hydrogen) atoms. The second-order valence-corrected chi connectivity index (χ2v) is 21.6. The lowest BCUT2D eigenvalue weighted by Gasteiger charge is -2.15. The summed E-state index contributed by atoms with van der Waals surface area (Å²) < 4.78 is 9.93. The number of hydrogen-bond acceptors (Lipinski definition) is 2. The van der Waals surface area contributed by atoms with Gasteiger partial charge >= 0.3 is 0 Å². The number of pyridine rings is 1. The summed E-state index contributed by atoms with van der Waals surface area (Å²) in [4.78, 5) is 10.5. The molecule has 0 radical (unpaired) electrons. The van der Waals surface area contributed by atoms with Gasteiger partial charge in [-0.25, -0.2) is 4.98 Å². The molecule has 5 heterocycles. The molecule has 0 spiro atoms. The predicted octanol–water partition coefficient (Wildman–Crippen LogP) is 19.9. The molecule has 16 aromatic rings. The normalized spacial score (nSPS) is 12.7. The first-order chi connectivity index (χ1) is 41.1. The molecule has 6 heteroatoms. The van der Waals surface area contributed by atoms with Crippen LogP contribution in [0.25, 0.3) is 132 Å². The highest BCUT2D eigenvalue weighted by Crippen LogP contribution is 2.45. The molecular weight excluding hydrogens is 1010 g/mol. The van der Waals surface area contributed by atoms with Crippen LogP contribution in [0.5, 0.6) is 0 Å². The fraction of sp³-hybridized carbons (Fsp3) is 0.0390. The van der Waals surface area contributed by atoms with Crippen LogP contribution in [0.1, 0.15) is 31.0 Å². The smallest absolute Gasteiger partial charge is 0.0788 e. The van der Waals surface area contributed by atoms with E-state index in [-0.39, 0.29) is 6.04 Å². The minimum absolute atomic E-state index is 0.0171. The molecule has 0 N–H and O–H groups in total. The highest BCUT2D eigenvalue weighted by atomic mass is 15.1. The van der Waals surface area contributed by atoms with E-state index < -0.39 is 0 Å². The van der Waals surface area contributed by atoms with Crippen LogP contribution >= 0.6 is 0 Å². The summed E-state index contributed by atoms with van der Waals surface area (Å²) in [5, 5.41) is 9.62. The average molecular weight is 1060 g/mol. The number of aromatic nitrogens is 5. The highest BCUT2D eigenvalue weighted by Gasteiger charge is 2.25. The third-order valence-electron chi connectivity index (χ3n) is 16.8. The van der Waals surface area contributed by atoms with Crippen molar-refractivity contribution in [3.63, 3.8) is 0 Å². The lowest BCUT2D eigenvalue weighted by atomic mass is 10.1. The SMILES string of the molecule is C/C=C\C(=NC(C)c1ccccc1)c1cccc(-n2c3ccccc3c3ccc4c5ccccc5n(-c5cccc(-n6c7ccccc7c7c6ccc6c8ccccc8n(-c8cccc(-c9cccc(-c%10ccccc%10)n9)c8)c67)c5)c4c32)c1. The van der Waals surface area contributed by atoms with Crippen LogP contribution in [0.2, 0.25) is 0 Å². The molecule has 5 aromatic heterocycles. The van der Waals surface area contributed by atoms with Gasteiger partial charge < -0.3 is 18.3 Å². The summed E-state index contributed by atoms with van der Waals surface area (Å²) in [7, 11) is 0. The fourth-order valence-electron chi connectivity index (χ4n) is 13.2. The zero-order valence-electron chi connectivity index (χ0n) is 45.9. The first-order valence-electron chi connectivity index (χ1n) is 28.6. The number of fused-ring (bicyclic) bond motifs is 14. The van der Waals surface area contributed by atoms with E-state index in [9.17, 15) is 0 Å². The number of rotatable bonds is 10. The van der Waals surface area contributed by atoms with Gasteiger partial charge in [-0.3, -0.25) is 4.99 Å². The minimum atomic E-state index is -0.0171. The van der Waals surface area contributed by atoms with E-state index in [4.69, 9.17) is 9.98 Å². The van der Waals surface area contributed by atoms with Gasteiger partial charge in [-0.1, -0.05) is 194 Å². The molecule has 0 saturated carbocycles. The summed E-state index contributed by atoms with van der Waals surface area (Å²) in [5.41, 5.74) is 20.8. The third kappa shape index (κ3) is 7.71. The largest absolute Gasteiger partial charge is 0.309 e. The fourth-order valence-corrected chi connectivity index (χ4v) is 13.2. The summed E-state index contributed by atoms with van der Waals surface area (Å²) in [6.07, 6.45) is 4.22. The maximum absolute atomic E-state index is 5.33. The summed E-state index contributed by atoms with van der Waals surface area (Å²) in [5.74, 6) is 0. The van der Waals surface area contributed by atoms with Gasteiger partial charge in [-0.2, -0.15) is 0 Å². The number of allylic oxidation sites excluding steroid dienone is 2. The molecule has 0 amide bonds. The van der Waals surface area contributed by atoms with Crippen molar-refractivity contribution >= 4 is 92.9 Å². The number of benzene rings is 11. The van der Waals surface area contributed by atoms with Gasteiger partial charge in [0.2, 0.25) is 0 Å². The Morgan fingerprint density at radius 3 is 1.43 bits per heavy atom. The average Bonchev–Trinajstić information content (AvgIpc) is 1.97. The van der Waals surface area contributed by atoms with E-state index >= 15 is 0 Å². The Hall–Kier alpha value is -10.8. The molecule has 0 saturated heterocycles. The first kappa shape index (κ1) is 48.1. The molecule has 0 bridgehead atoms. The maximum atomic E-state index is 5.33. The van der Waals surface area contributed by atoms with Crippen LogP contribution in [0, 0.1) is 0 Å². The van der Waals surface area contributed by atoms with Crippen LogP contribution in [-0.2, 0) is 0 Å². The Labute approximate surface area is 480 Å². The van der Waals surface area contributed by atoms with Crippen molar-refractivity contribution in [2.24, 2.45) is 4.99 Å². The summed E-state index contributed by atoms with van der Waals surface area (Å²) in [6, 6.07) is 99.0. The van der Waals surface area contributed by atoms with Gasteiger partial charge in [-0.05, 0) is 110 Å². The van der Waals surface area contributed by atoms with Crippen molar-refractivity contribution in [3.8, 4) is 45.3 Å². The quantitative estimate of drug-likeness (QED) is 0.126. The Kier molecular flexibility index (Phi) is 11.3. The molecule has 11 aromatic carbocycles. The number of hydrogen-bond donors (Lipinski definition) is 0. The second kappa shape index (κ2) is 19.5. The molecular formula is C77H54N6. The van der Waals surface area contributed by atoms with Gasteiger partial charge in [0, 0.05) is 82.5 Å². The van der Waals surface area contributed by atoms with E-state index in [1.807, 2.05) is 6.07 Å². The van der Waals surface area contributed by atoms with Crippen LogP contribution in [0.15, 0.2) is 290 Å². The molecule has 0 aliphatic carbocycles. The van der Waals surface area contributed by atoms with Crippen LogP contribution in [-0.4, -0.2) is 29.0 Å². The van der Waals surface area contributed by atoms with Crippen molar-refractivity contribution in [2.45, 2.75) is 19.9 Å². The van der Waals surface area contributed by atoms with E-state index in [1.54, 1.807) is 0 Å². The molecule has 0 aliphatic rings. The monoisotopic (exact) mass is 1060 g/mol. The molecule has 16 rings (SSSR count). The molecule has 0 aliphatic heterocycles. The minimum Gasteiger partial charge on any atom is -0.309 e. The van der Waals surface area contributed by atoms with Crippen molar-refractivity contribution in [1.82, 2.24) is 23.3 Å². The highest BCUT2D eigenvalue weighted by molar-refractivity contribution is 6.27. The molecule has 392 valence electrons. The Morgan fingerprint density at radius 2 is 0.807 bits per heavy atom. The Balaban J connectivity index is 0.904. The van der Waals surface area contributed by atoms with Gasteiger partial charge in [0.1, 0.15) is 0 Å². The second-order valence-electron chi connectivity index (χ2n) is 21.6. The van der Waals surface area contributed by atoms with E-state index in [1.165, 1.54) is 54.2 Å². The Bertz CT molecular complexity index is 5300.